The molecule has 2 aromatic heterocycles. The van der Waals surface area contributed by atoms with Crippen molar-refractivity contribution in [2.24, 2.45) is 0 Å². The van der Waals surface area contributed by atoms with Gasteiger partial charge in [0.1, 0.15) is 0 Å². The summed E-state index contributed by atoms with van der Waals surface area (Å²) >= 11 is 7.54. The van der Waals surface area contributed by atoms with E-state index in [0.717, 1.165) is 21.8 Å². The van der Waals surface area contributed by atoms with Crippen LogP contribution < -0.4 is 0 Å². The summed E-state index contributed by atoms with van der Waals surface area (Å²) in [5.74, 6) is 0.778. The summed E-state index contributed by atoms with van der Waals surface area (Å²) in [6.07, 6.45) is 0. The standard InChI is InChI=1S/C14H12ClNOS/c1-7-4-5-8(2)13-11(7)16-14(18-13)12-9(3)6-10(15)17-12/h4-6H,1-3H3. The minimum Gasteiger partial charge on any atom is -0.442 e. The summed E-state index contributed by atoms with van der Waals surface area (Å²) in [6, 6.07) is 6.05. The lowest BCUT2D eigenvalue weighted by Gasteiger charge is -1.96. The number of furan rings is 1. The third-order valence-corrected chi connectivity index (χ3v) is 4.40. The molecule has 0 N–H and O–H groups in total. The van der Waals surface area contributed by atoms with Crippen molar-refractivity contribution in [3.63, 3.8) is 0 Å². The van der Waals surface area contributed by atoms with Gasteiger partial charge >= 0.3 is 0 Å². The first-order valence-corrected chi connectivity index (χ1v) is 6.89. The minimum atomic E-state index is 0.412. The maximum atomic E-state index is 5.89. The van der Waals surface area contributed by atoms with E-state index in [0.29, 0.717) is 5.22 Å². The Morgan fingerprint density at radius 2 is 1.83 bits per heavy atom. The molecule has 3 aromatic rings. The van der Waals surface area contributed by atoms with E-state index >= 15 is 0 Å². The predicted molar refractivity (Wildman–Crippen MR) is 76.5 cm³/mol. The molecule has 0 unspecified atom stereocenters. The Hall–Kier alpha value is -1.32. The monoisotopic (exact) mass is 277 g/mol. The average molecular weight is 278 g/mol. The van der Waals surface area contributed by atoms with E-state index in [2.05, 4.69) is 31.0 Å². The van der Waals surface area contributed by atoms with Crippen LogP contribution in [0.4, 0.5) is 0 Å². The molecule has 2 heterocycles. The Morgan fingerprint density at radius 1 is 1.11 bits per heavy atom. The van der Waals surface area contributed by atoms with Gasteiger partial charge in [-0.2, -0.15) is 0 Å². The number of thiazole rings is 1. The zero-order valence-electron chi connectivity index (χ0n) is 10.4. The lowest BCUT2D eigenvalue weighted by molar-refractivity contribution is 0.582. The highest BCUT2D eigenvalue weighted by atomic mass is 35.5. The molecule has 0 radical (unpaired) electrons. The van der Waals surface area contributed by atoms with E-state index in [1.807, 2.05) is 13.0 Å². The van der Waals surface area contributed by atoms with Gasteiger partial charge < -0.3 is 4.42 Å². The Morgan fingerprint density at radius 3 is 2.44 bits per heavy atom. The summed E-state index contributed by atoms with van der Waals surface area (Å²) < 4.78 is 6.74. The number of aryl methyl sites for hydroxylation is 3. The van der Waals surface area contributed by atoms with Crippen molar-refractivity contribution >= 4 is 33.2 Å². The van der Waals surface area contributed by atoms with Gasteiger partial charge in [-0.05, 0) is 55.1 Å². The third-order valence-electron chi connectivity index (χ3n) is 3.02. The number of aromatic nitrogens is 1. The van der Waals surface area contributed by atoms with Crippen LogP contribution in [0.1, 0.15) is 16.7 Å². The Labute approximate surface area is 114 Å². The van der Waals surface area contributed by atoms with Gasteiger partial charge in [0, 0.05) is 0 Å². The van der Waals surface area contributed by atoms with Crippen LogP contribution in [-0.2, 0) is 0 Å². The molecule has 0 bridgehead atoms. The van der Waals surface area contributed by atoms with Gasteiger partial charge in [0.05, 0.1) is 10.2 Å². The second-order valence-corrected chi connectivity index (χ2v) is 5.83. The molecule has 92 valence electrons. The van der Waals surface area contributed by atoms with Crippen molar-refractivity contribution in [3.8, 4) is 10.8 Å². The molecule has 3 rings (SSSR count). The minimum absolute atomic E-state index is 0.412. The predicted octanol–water partition coefficient (Wildman–Crippen LogP) is 5.13. The number of fused-ring (bicyclic) bond motifs is 1. The Balaban J connectivity index is 2.29. The molecule has 0 aliphatic heterocycles. The van der Waals surface area contributed by atoms with E-state index in [-0.39, 0.29) is 0 Å². The van der Waals surface area contributed by atoms with E-state index in [1.165, 1.54) is 15.8 Å². The average Bonchev–Trinajstić information content (AvgIpc) is 2.88. The highest BCUT2D eigenvalue weighted by Gasteiger charge is 2.15. The Kier molecular flexibility index (Phi) is 2.68. The van der Waals surface area contributed by atoms with Crippen LogP contribution in [0.15, 0.2) is 22.6 Å². The van der Waals surface area contributed by atoms with Crippen LogP contribution in [0.2, 0.25) is 5.22 Å². The summed E-state index contributed by atoms with van der Waals surface area (Å²) in [5.41, 5.74) is 4.51. The molecule has 0 aliphatic rings. The van der Waals surface area contributed by atoms with Gasteiger partial charge in [0.2, 0.25) is 0 Å². The number of nitrogens with zero attached hydrogens (tertiary/aromatic N) is 1. The molecule has 0 spiro atoms. The summed E-state index contributed by atoms with van der Waals surface area (Å²) in [6.45, 7) is 6.16. The van der Waals surface area contributed by atoms with Gasteiger partial charge in [0.25, 0.3) is 0 Å². The lowest BCUT2D eigenvalue weighted by Crippen LogP contribution is -1.79. The first kappa shape index (κ1) is 11.8. The number of rotatable bonds is 1. The van der Waals surface area contributed by atoms with Crippen molar-refractivity contribution in [1.82, 2.24) is 4.98 Å². The van der Waals surface area contributed by atoms with Crippen LogP contribution in [0.3, 0.4) is 0 Å². The van der Waals surface area contributed by atoms with E-state index < -0.39 is 0 Å². The SMILES string of the molecule is Cc1cc(Cl)oc1-c1nc2c(C)ccc(C)c2s1. The quantitative estimate of drug-likeness (QED) is 0.616. The van der Waals surface area contributed by atoms with Crippen molar-refractivity contribution < 1.29 is 4.42 Å². The molecular weight excluding hydrogens is 266 g/mol. The zero-order valence-corrected chi connectivity index (χ0v) is 11.9. The fourth-order valence-corrected chi connectivity index (χ4v) is 3.41. The highest BCUT2D eigenvalue weighted by Crippen LogP contribution is 2.37. The van der Waals surface area contributed by atoms with Gasteiger partial charge in [-0.15, -0.1) is 11.3 Å². The highest BCUT2D eigenvalue weighted by molar-refractivity contribution is 7.21. The van der Waals surface area contributed by atoms with Crippen molar-refractivity contribution in [3.05, 3.63) is 40.1 Å². The van der Waals surface area contributed by atoms with Crippen molar-refractivity contribution in [1.29, 1.82) is 0 Å². The molecule has 0 saturated carbocycles. The topological polar surface area (TPSA) is 26.0 Å². The lowest BCUT2D eigenvalue weighted by atomic mass is 10.1. The zero-order chi connectivity index (χ0) is 12.9. The van der Waals surface area contributed by atoms with E-state index in [9.17, 15) is 0 Å². The number of benzene rings is 1. The number of hydrogen-bond donors (Lipinski definition) is 0. The first-order valence-electron chi connectivity index (χ1n) is 5.69. The summed E-state index contributed by atoms with van der Waals surface area (Å²) in [7, 11) is 0. The molecule has 0 fully saturated rings. The summed E-state index contributed by atoms with van der Waals surface area (Å²) in [4.78, 5) is 4.68. The molecule has 0 saturated heterocycles. The second-order valence-electron chi connectivity index (χ2n) is 4.46. The second kappa shape index (κ2) is 4.11. The maximum absolute atomic E-state index is 5.89. The van der Waals surface area contributed by atoms with Crippen molar-refractivity contribution in [2.75, 3.05) is 0 Å². The molecule has 0 aliphatic carbocycles. The fraction of sp³-hybridized carbons (Fsp3) is 0.214. The molecule has 0 amide bonds. The Bertz CT molecular complexity index is 703. The van der Waals surface area contributed by atoms with E-state index in [4.69, 9.17) is 16.0 Å². The molecule has 0 atom stereocenters. The third kappa shape index (κ3) is 1.74. The van der Waals surface area contributed by atoms with E-state index in [1.54, 1.807) is 11.3 Å². The molecule has 1 aromatic carbocycles. The molecule has 4 heteroatoms. The summed E-state index contributed by atoms with van der Waals surface area (Å²) in [5, 5.41) is 1.31. The van der Waals surface area contributed by atoms with Gasteiger partial charge in [-0.25, -0.2) is 4.98 Å². The van der Waals surface area contributed by atoms with Gasteiger partial charge in [-0.1, -0.05) is 12.1 Å². The van der Waals surface area contributed by atoms with Gasteiger partial charge in [0.15, 0.2) is 16.0 Å². The number of halogens is 1. The maximum Gasteiger partial charge on any atom is 0.194 e. The normalized spacial score (nSPS) is 11.3. The van der Waals surface area contributed by atoms with Crippen LogP contribution in [-0.4, -0.2) is 4.98 Å². The van der Waals surface area contributed by atoms with Crippen LogP contribution in [0.5, 0.6) is 0 Å². The van der Waals surface area contributed by atoms with Crippen LogP contribution >= 0.6 is 22.9 Å². The van der Waals surface area contributed by atoms with Crippen molar-refractivity contribution in [2.45, 2.75) is 20.8 Å². The molecular formula is C14H12ClNOS. The number of hydrogen-bond acceptors (Lipinski definition) is 3. The molecule has 18 heavy (non-hydrogen) atoms. The van der Waals surface area contributed by atoms with Crippen LogP contribution in [0, 0.1) is 20.8 Å². The largest absolute Gasteiger partial charge is 0.442 e. The smallest absolute Gasteiger partial charge is 0.194 e. The van der Waals surface area contributed by atoms with Crippen LogP contribution in [0.25, 0.3) is 21.0 Å². The first-order chi connectivity index (χ1) is 8.56. The van der Waals surface area contributed by atoms with Gasteiger partial charge in [-0.3, -0.25) is 0 Å². The molecule has 2 nitrogen and oxygen atoms in total. The fourth-order valence-electron chi connectivity index (χ4n) is 2.01.